The van der Waals surface area contributed by atoms with E-state index < -0.39 is 0 Å². The van der Waals surface area contributed by atoms with E-state index in [0.29, 0.717) is 22.4 Å². The molecule has 5 aromatic rings. The zero-order chi connectivity index (χ0) is 25.4. The van der Waals surface area contributed by atoms with Crippen molar-refractivity contribution in [2.24, 2.45) is 5.10 Å². The van der Waals surface area contributed by atoms with Gasteiger partial charge in [0.15, 0.2) is 0 Å². The van der Waals surface area contributed by atoms with Crippen LogP contribution in [0.1, 0.15) is 17.1 Å². The van der Waals surface area contributed by atoms with E-state index >= 15 is 0 Å². The van der Waals surface area contributed by atoms with E-state index in [0.717, 1.165) is 26.6 Å². The number of rotatable bonds is 5. The average molecular weight is 546 g/mol. The number of carbonyl (C=O) groups is 1. The molecule has 0 saturated carbocycles. The number of aryl methyl sites for hydroxylation is 1. The van der Waals surface area contributed by atoms with Crippen molar-refractivity contribution < 1.29 is 9.18 Å². The lowest BCUT2D eigenvalue weighted by molar-refractivity contribution is -0.116. The van der Waals surface area contributed by atoms with Crippen LogP contribution in [0.2, 0.25) is 0 Å². The molecule has 9 heteroatoms. The summed E-state index contributed by atoms with van der Waals surface area (Å²) in [5.41, 5.74) is 3.32. The van der Waals surface area contributed by atoms with Crippen molar-refractivity contribution in [3.05, 3.63) is 104 Å². The van der Waals surface area contributed by atoms with Gasteiger partial charge in [0, 0.05) is 32.3 Å². The van der Waals surface area contributed by atoms with E-state index in [4.69, 9.17) is 0 Å². The number of carbonyl (C=O) groups excluding carboxylic acids is 1. The number of aromatic nitrogens is 3. The Bertz CT molecular complexity index is 1720. The summed E-state index contributed by atoms with van der Waals surface area (Å²) in [5.74, 6) is -0.149. The zero-order valence-corrected chi connectivity index (χ0v) is 21.1. The number of para-hydroxylation sites is 1. The highest BCUT2D eigenvalue weighted by atomic mass is 79.9. The maximum absolute atomic E-state index is 13.2. The van der Waals surface area contributed by atoms with Crippen LogP contribution in [0.15, 0.2) is 81.1 Å². The van der Waals surface area contributed by atoms with Gasteiger partial charge in [-0.1, -0.05) is 34.1 Å². The van der Waals surface area contributed by atoms with Crippen molar-refractivity contribution in [3.63, 3.8) is 0 Å². The summed E-state index contributed by atoms with van der Waals surface area (Å²) in [6.45, 7) is 3.69. The van der Waals surface area contributed by atoms with Gasteiger partial charge in [-0.15, -0.1) is 0 Å². The van der Waals surface area contributed by atoms with Crippen LogP contribution in [0.25, 0.3) is 21.8 Å². The molecule has 0 radical (unpaired) electrons. The minimum Gasteiger partial charge on any atom is -0.335 e. The Hall–Kier alpha value is -4.11. The smallest absolute Gasteiger partial charge is 0.282 e. The Morgan fingerprint density at radius 2 is 1.83 bits per heavy atom. The van der Waals surface area contributed by atoms with Gasteiger partial charge in [0.05, 0.1) is 17.1 Å². The number of nitrogens with one attached hydrogen (secondary N) is 1. The van der Waals surface area contributed by atoms with Crippen LogP contribution in [0.5, 0.6) is 0 Å². The third-order valence-electron chi connectivity index (χ3n) is 5.98. The Kier molecular flexibility index (Phi) is 6.24. The van der Waals surface area contributed by atoms with Crippen molar-refractivity contribution in [1.82, 2.24) is 14.2 Å². The summed E-state index contributed by atoms with van der Waals surface area (Å²) < 4.78 is 17.1. The lowest BCUT2D eigenvalue weighted by Crippen LogP contribution is -2.21. The largest absolute Gasteiger partial charge is 0.335 e. The third-order valence-corrected chi connectivity index (χ3v) is 6.48. The molecule has 1 amide bonds. The molecule has 2 heterocycles. The molecule has 0 aliphatic carbocycles. The Morgan fingerprint density at radius 1 is 1.08 bits per heavy atom. The van der Waals surface area contributed by atoms with Crippen molar-refractivity contribution in [1.29, 1.82) is 0 Å². The molecular formula is C27H21BrFN5O2. The van der Waals surface area contributed by atoms with Gasteiger partial charge >= 0.3 is 0 Å². The molecule has 0 unspecified atom stereocenters. The maximum atomic E-state index is 13.2. The minimum absolute atomic E-state index is 0.0576. The normalized spacial score (nSPS) is 11.6. The Labute approximate surface area is 214 Å². The quantitative estimate of drug-likeness (QED) is 0.300. The highest BCUT2D eigenvalue weighted by molar-refractivity contribution is 9.10. The van der Waals surface area contributed by atoms with Gasteiger partial charge in [-0.05, 0) is 62.4 Å². The van der Waals surface area contributed by atoms with Crippen molar-refractivity contribution in [2.75, 3.05) is 5.32 Å². The molecule has 0 aliphatic rings. The van der Waals surface area contributed by atoms with Crippen LogP contribution in [0.3, 0.4) is 0 Å². The van der Waals surface area contributed by atoms with Crippen molar-refractivity contribution in [3.8, 4) is 0 Å². The first-order valence-electron chi connectivity index (χ1n) is 11.2. The van der Waals surface area contributed by atoms with E-state index in [9.17, 15) is 14.0 Å². The van der Waals surface area contributed by atoms with Crippen LogP contribution >= 0.6 is 15.9 Å². The fourth-order valence-electron chi connectivity index (χ4n) is 4.21. The summed E-state index contributed by atoms with van der Waals surface area (Å²) in [5, 5.41) is 8.64. The van der Waals surface area contributed by atoms with E-state index in [2.05, 4.69) is 31.3 Å². The molecule has 180 valence electrons. The monoisotopic (exact) mass is 545 g/mol. The number of anilines is 1. The SMILES string of the molecule is Cc1nc2ccc(Br)cc2c(=O)n1N=Cc1c(C)n(CC(=O)Nc2ccc(F)cc2)c2ccccc12. The summed E-state index contributed by atoms with van der Waals surface area (Å²) in [7, 11) is 0. The number of fused-ring (bicyclic) bond motifs is 2. The number of amides is 1. The molecule has 2 aromatic heterocycles. The summed E-state index contributed by atoms with van der Waals surface area (Å²) in [6.07, 6.45) is 1.63. The maximum Gasteiger partial charge on any atom is 0.282 e. The van der Waals surface area contributed by atoms with Crippen LogP contribution in [-0.2, 0) is 11.3 Å². The molecular weight excluding hydrogens is 525 g/mol. The standard InChI is InChI=1S/C27H21BrFN5O2/c1-16-23(14-30-34-17(2)31-24-12-7-18(28)13-22(24)27(34)36)21-5-3-4-6-25(21)33(16)15-26(35)32-20-10-8-19(29)9-11-20/h3-14H,15H2,1-2H3,(H,32,35). The summed E-state index contributed by atoms with van der Waals surface area (Å²) in [6, 6.07) is 18.7. The molecule has 36 heavy (non-hydrogen) atoms. The lowest BCUT2D eigenvalue weighted by Gasteiger charge is -2.09. The first-order valence-corrected chi connectivity index (χ1v) is 12.0. The molecule has 0 fully saturated rings. The van der Waals surface area contributed by atoms with Crippen LogP contribution in [0.4, 0.5) is 10.1 Å². The van der Waals surface area contributed by atoms with Crippen molar-refractivity contribution >= 4 is 55.5 Å². The second-order valence-corrected chi connectivity index (χ2v) is 9.26. The van der Waals surface area contributed by atoms with Gasteiger partial charge in [0.2, 0.25) is 5.91 Å². The van der Waals surface area contributed by atoms with Crippen LogP contribution in [-0.4, -0.2) is 26.3 Å². The van der Waals surface area contributed by atoms with Crippen LogP contribution in [0, 0.1) is 19.7 Å². The first-order chi connectivity index (χ1) is 17.3. The molecule has 0 bridgehead atoms. The predicted molar refractivity (Wildman–Crippen MR) is 143 cm³/mol. The Morgan fingerprint density at radius 3 is 2.61 bits per heavy atom. The number of hydrogen-bond donors (Lipinski definition) is 1. The lowest BCUT2D eigenvalue weighted by atomic mass is 10.1. The third kappa shape index (κ3) is 4.45. The fraction of sp³-hybridized carbons (Fsp3) is 0.111. The summed E-state index contributed by atoms with van der Waals surface area (Å²) >= 11 is 3.40. The number of benzene rings is 3. The van der Waals surface area contributed by atoms with Crippen LogP contribution < -0.4 is 10.9 Å². The van der Waals surface area contributed by atoms with Crippen molar-refractivity contribution in [2.45, 2.75) is 20.4 Å². The van der Waals surface area contributed by atoms with Gasteiger partial charge < -0.3 is 9.88 Å². The highest BCUT2D eigenvalue weighted by Crippen LogP contribution is 2.25. The average Bonchev–Trinajstić information content (AvgIpc) is 3.12. The molecule has 0 atom stereocenters. The van der Waals surface area contributed by atoms with E-state index in [-0.39, 0.29) is 23.8 Å². The highest BCUT2D eigenvalue weighted by Gasteiger charge is 2.16. The van der Waals surface area contributed by atoms with Gasteiger partial charge in [0.25, 0.3) is 5.56 Å². The molecule has 3 aromatic carbocycles. The molecule has 5 rings (SSSR count). The molecule has 7 nitrogen and oxygen atoms in total. The predicted octanol–water partition coefficient (Wildman–Crippen LogP) is 5.39. The molecule has 1 N–H and O–H groups in total. The second-order valence-electron chi connectivity index (χ2n) is 8.34. The number of halogens is 2. The number of nitrogens with zero attached hydrogens (tertiary/aromatic N) is 4. The van der Waals surface area contributed by atoms with Gasteiger partial charge in [-0.3, -0.25) is 9.59 Å². The number of hydrogen-bond acceptors (Lipinski definition) is 4. The first kappa shape index (κ1) is 23.6. The topological polar surface area (TPSA) is 81.3 Å². The Balaban J connectivity index is 1.52. The molecule has 0 saturated heterocycles. The molecule has 0 spiro atoms. The minimum atomic E-state index is -0.368. The second kappa shape index (κ2) is 9.50. The van der Waals surface area contributed by atoms with Gasteiger partial charge in [0.1, 0.15) is 18.2 Å². The summed E-state index contributed by atoms with van der Waals surface area (Å²) in [4.78, 5) is 30.4. The fourth-order valence-corrected chi connectivity index (χ4v) is 4.57. The molecule has 0 aliphatic heterocycles. The van der Waals surface area contributed by atoms with E-state index in [1.54, 1.807) is 25.3 Å². The van der Waals surface area contributed by atoms with E-state index in [1.807, 2.05) is 41.8 Å². The van der Waals surface area contributed by atoms with Gasteiger partial charge in [-0.25, -0.2) is 9.37 Å². The van der Waals surface area contributed by atoms with E-state index in [1.165, 1.54) is 28.9 Å². The zero-order valence-electron chi connectivity index (χ0n) is 19.5. The van der Waals surface area contributed by atoms with Gasteiger partial charge in [-0.2, -0.15) is 9.78 Å².